The summed E-state index contributed by atoms with van der Waals surface area (Å²) in [5.74, 6) is 0. The van der Waals surface area contributed by atoms with E-state index in [0.29, 0.717) is 17.5 Å². The summed E-state index contributed by atoms with van der Waals surface area (Å²) in [5.41, 5.74) is -1.65. The average molecular weight is 303 g/mol. The first-order valence-corrected chi connectivity index (χ1v) is 7.31. The molecule has 2 atom stereocenters. The molecule has 2 rings (SSSR count). The van der Waals surface area contributed by atoms with Crippen molar-refractivity contribution in [3.05, 3.63) is 34.9 Å². The maximum Gasteiger partial charge on any atom is 0.416 e. The Hall–Kier alpha value is -1.10. The summed E-state index contributed by atoms with van der Waals surface area (Å²) in [7, 11) is 0. The lowest BCUT2D eigenvalue weighted by Gasteiger charge is -2.31. The Morgan fingerprint density at radius 1 is 1.19 bits per heavy atom. The molecule has 1 N–H and O–H groups in total. The van der Waals surface area contributed by atoms with Crippen molar-refractivity contribution < 1.29 is 17.6 Å². The Morgan fingerprint density at radius 2 is 1.90 bits per heavy atom. The largest absolute Gasteiger partial charge is 0.416 e. The highest BCUT2D eigenvalue weighted by molar-refractivity contribution is 5.36. The molecule has 0 bridgehead atoms. The summed E-state index contributed by atoms with van der Waals surface area (Å²) in [5, 5.41) is 3.28. The molecule has 0 amide bonds. The monoisotopic (exact) mass is 303 g/mol. The number of halogens is 4. The summed E-state index contributed by atoms with van der Waals surface area (Å²) in [6, 6.07) is 3.37. The average Bonchev–Trinajstić information content (AvgIpc) is 2.37. The van der Waals surface area contributed by atoms with Crippen LogP contribution in [0, 0.1) is 6.92 Å². The van der Waals surface area contributed by atoms with Crippen LogP contribution in [0.5, 0.6) is 0 Å². The number of alkyl halides is 4. The minimum atomic E-state index is -4.39. The minimum Gasteiger partial charge on any atom is -0.314 e. The van der Waals surface area contributed by atoms with E-state index in [9.17, 15) is 17.6 Å². The van der Waals surface area contributed by atoms with Crippen molar-refractivity contribution >= 4 is 0 Å². The van der Waals surface area contributed by atoms with Crippen LogP contribution in [0.3, 0.4) is 0 Å². The molecular weight excluding hydrogens is 282 g/mol. The van der Waals surface area contributed by atoms with Crippen molar-refractivity contribution in [3.8, 4) is 0 Å². The summed E-state index contributed by atoms with van der Waals surface area (Å²) >= 11 is 0. The number of benzene rings is 1. The van der Waals surface area contributed by atoms with Gasteiger partial charge in [-0.3, -0.25) is 0 Å². The Morgan fingerprint density at radius 3 is 2.43 bits per heavy atom. The van der Waals surface area contributed by atoms with Crippen molar-refractivity contribution in [3.63, 3.8) is 0 Å². The first-order chi connectivity index (χ1) is 9.70. The second kappa shape index (κ2) is 5.95. The van der Waals surface area contributed by atoms with Gasteiger partial charge < -0.3 is 5.32 Å². The first kappa shape index (κ1) is 16.3. The van der Waals surface area contributed by atoms with Crippen LogP contribution in [-0.4, -0.2) is 12.6 Å². The van der Waals surface area contributed by atoms with E-state index in [-0.39, 0.29) is 6.04 Å². The number of hydrogen-bond donors (Lipinski definition) is 1. The van der Waals surface area contributed by atoms with E-state index < -0.39 is 17.4 Å². The van der Waals surface area contributed by atoms with Crippen molar-refractivity contribution in [2.75, 3.05) is 6.54 Å². The van der Waals surface area contributed by atoms with Crippen LogP contribution in [0.4, 0.5) is 17.6 Å². The van der Waals surface area contributed by atoms with Gasteiger partial charge in [-0.1, -0.05) is 12.5 Å². The third-order valence-electron chi connectivity index (χ3n) is 4.16. The van der Waals surface area contributed by atoms with Crippen LogP contribution < -0.4 is 5.32 Å². The second-order valence-electron chi connectivity index (χ2n) is 6.08. The number of piperidine rings is 1. The SMILES string of the molecule is Cc1cc(C(F)(F)F)ccc1C(C)(F)CC1CCCCN1. The Labute approximate surface area is 122 Å². The Kier molecular flexibility index (Phi) is 4.61. The van der Waals surface area contributed by atoms with E-state index in [0.717, 1.165) is 37.9 Å². The molecule has 1 aromatic carbocycles. The number of rotatable bonds is 3. The molecule has 5 heteroatoms. The number of hydrogen-bond acceptors (Lipinski definition) is 1. The molecule has 1 fully saturated rings. The molecule has 0 radical (unpaired) electrons. The first-order valence-electron chi connectivity index (χ1n) is 7.31. The van der Waals surface area contributed by atoms with Crippen LogP contribution in [0.15, 0.2) is 18.2 Å². The minimum absolute atomic E-state index is 0.0930. The lowest BCUT2D eigenvalue weighted by molar-refractivity contribution is -0.137. The lowest BCUT2D eigenvalue weighted by atomic mass is 9.85. The van der Waals surface area contributed by atoms with Gasteiger partial charge in [0.1, 0.15) is 5.67 Å². The molecule has 0 saturated carbocycles. The molecule has 1 heterocycles. The highest BCUT2D eigenvalue weighted by Crippen LogP contribution is 2.37. The normalized spacial score (nSPS) is 22.9. The summed E-state index contributed by atoms with van der Waals surface area (Å²) in [6.45, 7) is 3.88. The van der Waals surface area contributed by atoms with E-state index in [2.05, 4.69) is 5.32 Å². The summed E-state index contributed by atoms with van der Waals surface area (Å²) in [4.78, 5) is 0. The van der Waals surface area contributed by atoms with Crippen molar-refractivity contribution in [2.45, 2.75) is 57.4 Å². The lowest BCUT2D eigenvalue weighted by Crippen LogP contribution is -2.38. The summed E-state index contributed by atoms with van der Waals surface area (Å²) in [6.07, 6.45) is -1.02. The Bertz CT molecular complexity index is 488. The van der Waals surface area contributed by atoms with Crippen molar-refractivity contribution in [1.82, 2.24) is 5.32 Å². The van der Waals surface area contributed by atoms with Crippen LogP contribution in [-0.2, 0) is 11.8 Å². The Balaban J connectivity index is 2.19. The fraction of sp³-hybridized carbons (Fsp3) is 0.625. The fourth-order valence-electron chi connectivity index (χ4n) is 3.10. The predicted molar refractivity (Wildman–Crippen MR) is 74.9 cm³/mol. The molecule has 0 spiro atoms. The topological polar surface area (TPSA) is 12.0 Å². The molecule has 1 saturated heterocycles. The molecule has 1 nitrogen and oxygen atoms in total. The van der Waals surface area contributed by atoms with Gasteiger partial charge in [0.2, 0.25) is 0 Å². The second-order valence-corrected chi connectivity index (χ2v) is 6.08. The number of aryl methyl sites for hydroxylation is 1. The zero-order valence-corrected chi connectivity index (χ0v) is 12.4. The quantitative estimate of drug-likeness (QED) is 0.796. The molecule has 1 aliphatic rings. The van der Waals surface area contributed by atoms with Crippen LogP contribution >= 0.6 is 0 Å². The molecular formula is C16H21F4N. The van der Waals surface area contributed by atoms with Gasteiger partial charge >= 0.3 is 6.18 Å². The van der Waals surface area contributed by atoms with Gasteiger partial charge in [0.15, 0.2) is 0 Å². The zero-order valence-electron chi connectivity index (χ0n) is 12.4. The maximum atomic E-state index is 15.0. The molecule has 0 aliphatic carbocycles. The zero-order chi connectivity index (χ0) is 15.7. The standard InChI is InChI=1S/C16H21F4N/c1-11-9-12(16(18,19)20)6-7-14(11)15(2,17)10-13-5-3-4-8-21-13/h6-7,9,13,21H,3-5,8,10H2,1-2H3. The molecule has 0 aromatic heterocycles. The van der Waals surface area contributed by atoms with E-state index in [1.54, 1.807) is 0 Å². The van der Waals surface area contributed by atoms with Gasteiger partial charge in [0.05, 0.1) is 5.56 Å². The highest BCUT2D eigenvalue weighted by Gasteiger charge is 2.35. The van der Waals surface area contributed by atoms with Gasteiger partial charge in [0, 0.05) is 12.5 Å². The van der Waals surface area contributed by atoms with Crippen LogP contribution in [0.1, 0.15) is 49.3 Å². The van der Waals surface area contributed by atoms with Gasteiger partial charge in [-0.25, -0.2) is 4.39 Å². The summed E-state index contributed by atoms with van der Waals surface area (Å²) < 4.78 is 53.0. The van der Waals surface area contributed by atoms with E-state index >= 15 is 0 Å². The van der Waals surface area contributed by atoms with Gasteiger partial charge in [-0.2, -0.15) is 13.2 Å². The van der Waals surface area contributed by atoms with Crippen LogP contribution in [0.2, 0.25) is 0 Å². The van der Waals surface area contributed by atoms with E-state index in [1.165, 1.54) is 19.9 Å². The molecule has 21 heavy (non-hydrogen) atoms. The van der Waals surface area contributed by atoms with Crippen molar-refractivity contribution in [2.24, 2.45) is 0 Å². The highest BCUT2D eigenvalue weighted by atomic mass is 19.4. The molecule has 1 aliphatic heterocycles. The molecule has 118 valence electrons. The van der Waals surface area contributed by atoms with E-state index in [1.807, 2.05) is 0 Å². The van der Waals surface area contributed by atoms with Gasteiger partial charge in [0.25, 0.3) is 0 Å². The maximum absolute atomic E-state index is 15.0. The fourth-order valence-corrected chi connectivity index (χ4v) is 3.10. The van der Waals surface area contributed by atoms with Gasteiger partial charge in [-0.15, -0.1) is 0 Å². The van der Waals surface area contributed by atoms with E-state index in [4.69, 9.17) is 0 Å². The van der Waals surface area contributed by atoms with Gasteiger partial charge in [-0.05, 0) is 56.5 Å². The third kappa shape index (κ3) is 3.96. The predicted octanol–water partition coefficient (Wildman–Crippen LogP) is 4.73. The molecule has 2 unspecified atom stereocenters. The van der Waals surface area contributed by atoms with Crippen molar-refractivity contribution in [1.29, 1.82) is 0 Å². The molecule has 1 aromatic rings. The number of nitrogens with one attached hydrogen (secondary N) is 1. The van der Waals surface area contributed by atoms with Crippen LogP contribution in [0.25, 0.3) is 0 Å². The smallest absolute Gasteiger partial charge is 0.314 e. The third-order valence-corrected chi connectivity index (χ3v) is 4.16.